The molecular weight excluding hydrogens is 472 g/mol. The van der Waals surface area contributed by atoms with Crippen LogP contribution in [0.3, 0.4) is 0 Å². The summed E-state index contributed by atoms with van der Waals surface area (Å²) in [5, 5.41) is 2.01. The number of hydrogen-bond donors (Lipinski definition) is 1. The van der Waals surface area contributed by atoms with Gasteiger partial charge in [0, 0.05) is 31.0 Å². The summed E-state index contributed by atoms with van der Waals surface area (Å²) < 4.78 is 43.4. The average molecular weight is 494 g/mol. The summed E-state index contributed by atoms with van der Waals surface area (Å²) in [5.41, 5.74) is 4.30. The van der Waals surface area contributed by atoms with Crippen molar-refractivity contribution in [3.63, 3.8) is 0 Å². The van der Waals surface area contributed by atoms with Crippen LogP contribution in [0.1, 0.15) is 24.8 Å². The fourth-order valence-electron chi connectivity index (χ4n) is 3.92. The molecule has 9 heteroatoms. The Balaban J connectivity index is 1.52. The molecule has 168 valence electrons. The van der Waals surface area contributed by atoms with Crippen molar-refractivity contribution >= 4 is 51.0 Å². The molecule has 1 heterocycles. The number of aromatic nitrogens is 1. The molecule has 4 nitrogen and oxygen atoms in total. The highest BCUT2D eigenvalue weighted by atomic mass is 35.5. The van der Waals surface area contributed by atoms with Crippen molar-refractivity contribution in [2.75, 3.05) is 23.2 Å². The molecule has 0 amide bonds. The van der Waals surface area contributed by atoms with Crippen LogP contribution < -0.4 is 9.62 Å². The van der Waals surface area contributed by atoms with E-state index in [0.29, 0.717) is 23.1 Å². The Hall–Kier alpha value is -2.29. The van der Waals surface area contributed by atoms with E-state index in [0.717, 1.165) is 24.8 Å². The van der Waals surface area contributed by atoms with Gasteiger partial charge in [0.2, 0.25) is 0 Å². The van der Waals surface area contributed by atoms with Crippen LogP contribution >= 0.6 is 22.9 Å². The summed E-state index contributed by atoms with van der Waals surface area (Å²) in [5.74, 6) is -0.237. The lowest BCUT2D eigenvalue weighted by Crippen LogP contribution is -2.28. The summed E-state index contributed by atoms with van der Waals surface area (Å²) in [6.07, 6.45) is 5.22. The van der Waals surface area contributed by atoms with E-state index in [9.17, 15) is 13.0 Å². The number of anilines is 2. The van der Waals surface area contributed by atoms with Crippen molar-refractivity contribution in [3.8, 4) is 0 Å². The molecule has 32 heavy (non-hydrogen) atoms. The molecule has 0 fully saturated rings. The maximum absolute atomic E-state index is 14.8. The highest BCUT2D eigenvalue weighted by Gasteiger charge is 2.23. The van der Waals surface area contributed by atoms with Gasteiger partial charge in [0.05, 0.1) is 21.1 Å². The molecule has 1 aromatic heterocycles. The van der Waals surface area contributed by atoms with Crippen LogP contribution in [0.2, 0.25) is 5.02 Å². The van der Waals surface area contributed by atoms with E-state index in [4.69, 9.17) is 11.6 Å². The summed E-state index contributed by atoms with van der Waals surface area (Å²) in [4.78, 5) is 5.90. The van der Waals surface area contributed by atoms with Gasteiger partial charge in [-0.3, -0.25) is 4.72 Å². The second kappa shape index (κ2) is 10.1. The van der Waals surface area contributed by atoms with Gasteiger partial charge in [0.15, 0.2) is 11.0 Å². The zero-order valence-electron chi connectivity index (χ0n) is 17.4. The predicted molar refractivity (Wildman–Crippen MR) is 129 cm³/mol. The number of nitrogens with zero attached hydrogens (tertiary/aromatic N) is 2. The van der Waals surface area contributed by atoms with E-state index in [1.165, 1.54) is 41.2 Å². The third-order valence-electron chi connectivity index (χ3n) is 5.47. The molecule has 0 bridgehead atoms. The molecule has 1 N–H and O–H groups in total. The lowest BCUT2D eigenvalue weighted by Gasteiger charge is -2.31. The molecule has 0 spiro atoms. The molecule has 0 saturated carbocycles. The number of benzene rings is 2. The van der Waals surface area contributed by atoms with Crippen LogP contribution in [0.15, 0.2) is 58.3 Å². The molecule has 3 aromatic rings. The maximum atomic E-state index is 14.8. The minimum absolute atomic E-state index is 0.0234. The lowest BCUT2D eigenvalue weighted by molar-refractivity contribution is 0.553. The van der Waals surface area contributed by atoms with Gasteiger partial charge >= 0.3 is 0 Å². The van der Waals surface area contributed by atoms with Crippen LogP contribution in [-0.4, -0.2) is 22.8 Å². The fraction of sp³-hybridized carbons (Fsp3) is 0.261. The van der Waals surface area contributed by atoms with E-state index < -0.39 is 16.8 Å². The minimum atomic E-state index is -1.82. The van der Waals surface area contributed by atoms with Gasteiger partial charge in [-0.2, -0.15) is 0 Å². The second-order valence-corrected chi connectivity index (χ2v) is 9.96. The minimum Gasteiger partial charge on any atom is -0.373 e. The van der Waals surface area contributed by atoms with Crippen LogP contribution in [0.4, 0.5) is 20.3 Å². The van der Waals surface area contributed by atoms with Crippen molar-refractivity contribution in [1.29, 1.82) is 0 Å². The highest BCUT2D eigenvalue weighted by molar-refractivity contribution is 7.86. The number of halogens is 3. The summed E-state index contributed by atoms with van der Waals surface area (Å²) >= 11 is 7.82. The quantitative estimate of drug-likeness (QED) is 0.407. The smallest absolute Gasteiger partial charge is 0.154 e. The number of nitrogens with one attached hydrogen (secondary N) is 1. The van der Waals surface area contributed by atoms with Crippen molar-refractivity contribution in [1.82, 2.24) is 4.98 Å². The molecule has 2 aromatic carbocycles. The van der Waals surface area contributed by atoms with Gasteiger partial charge in [0.25, 0.3) is 0 Å². The molecule has 2 atom stereocenters. The summed E-state index contributed by atoms with van der Waals surface area (Å²) in [7, 11) is 0.0443. The van der Waals surface area contributed by atoms with Crippen LogP contribution in [-0.2, 0) is 11.0 Å². The Labute approximate surface area is 197 Å². The van der Waals surface area contributed by atoms with E-state index in [-0.39, 0.29) is 16.6 Å². The monoisotopic (exact) mass is 493 g/mol. The van der Waals surface area contributed by atoms with E-state index in [1.807, 2.05) is 11.9 Å². The highest BCUT2D eigenvalue weighted by Crippen LogP contribution is 2.36. The first-order valence-electron chi connectivity index (χ1n) is 10.1. The van der Waals surface area contributed by atoms with Crippen LogP contribution in [0, 0.1) is 17.6 Å². The third kappa shape index (κ3) is 5.19. The SMILES string of the molecule is CN(CC1CCCC=C1c1ccc(F)cc1)c1cc(F)c(S(=O)Nc2cscn2)cc1Cl. The van der Waals surface area contributed by atoms with E-state index in [1.54, 1.807) is 23.0 Å². The van der Waals surface area contributed by atoms with Crippen molar-refractivity contribution in [2.24, 2.45) is 5.92 Å². The Morgan fingerprint density at radius 3 is 2.78 bits per heavy atom. The first-order chi connectivity index (χ1) is 15.4. The van der Waals surface area contributed by atoms with Crippen molar-refractivity contribution in [3.05, 3.63) is 75.6 Å². The number of thiazole rings is 1. The van der Waals surface area contributed by atoms with Crippen LogP contribution in [0.25, 0.3) is 5.57 Å². The van der Waals surface area contributed by atoms with Gasteiger partial charge in [-0.1, -0.05) is 29.8 Å². The maximum Gasteiger partial charge on any atom is 0.154 e. The first-order valence-corrected chi connectivity index (χ1v) is 12.6. The standard InChI is InChI=1S/C23H22ClF2N3OS2/c1-29(12-16-4-2-3-5-18(16)15-6-8-17(25)9-7-15)21-11-20(26)22(10-19(21)24)32(30)28-23-13-31-14-27-23/h5-11,13-14,16,28H,2-4,12H2,1H3. The Kier molecular flexibility index (Phi) is 7.23. The molecule has 1 aliphatic rings. The summed E-state index contributed by atoms with van der Waals surface area (Å²) in [6, 6.07) is 9.25. The molecule has 2 unspecified atom stereocenters. The van der Waals surface area contributed by atoms with Gasteiger partial charge in [0.1, 0.15) is 17.5 Å². The Bertz CT molecular complexity index is 1140. The Morgan fingerprint density at radius 2 is 2.06 bits per heavy atom. The average Bonchev–Trinajstić information content (AvgIpc) is 3.29. The molecule has 0 radical (unpaired) electrons. The molecular formula is C23H22ClF2N3OS2. The van der Waals surface area contributed by atoms with E-state index in [2.05, 4.69) is 15.8 Å². The number of rotatable bonds is 7. The van der Waals surface area contributed by atoms with Crippen LogP contribution in [0.5, 0.6) is 0 Å². The zero-order valence-corrected chi connectivity index (χ0v) is 19.7. The van der Waals surface area contributed by atoms with Gasteiger partial charge in [-0.25, -0.2) is 18.0 Å². The lowest BCUT2D eigenvalue weighted by atomic mass is 9.83. The number of allylic oxidation sites excluding steroid dienone is 1. The molecule has 1 aliphatic carbocycles. The second-order valence-electron chi connectivity index (χ2n) is 7.65. The van der Waals surface area contributed by atoms with Crippen molar-refractivity contribution in [2.45, 2.75) is 24.2 Å². The topological polar surface area (TPSA) is 45.2 Å². The number of hydrogen-bond acceptors (Lipinski definition) is 4. The molecule has 0 saturated heterocycles. The fourth-order valence-corrected chi connectivity index (χ4v) is 5.73. The predicted octanol–water partition coefficient (Wildman–Crippen LogP) is 6.53. The summed E-state index contributed by atoms with van der Waals surface area (Å²) in [6.45, 7) is 0.627. The Morgan fingerprint density at radius 1 is 1.28 bits per heavy atom. The first kappa shape index (κ1) is 22.9. The largest absolute Gasteiger partial charge is 0.373 e. The van der Waals surface area contributed by atoms with Gasteiger partial charge in [-0.05, 0) is 48.6 Å². The molecule has 4 rings (SSSR count). The third-order valence-corrected chi connectivity index (χ3v) is 7.47. The van der Waals surface area contributed by atoms with Crippen molar-refractivity contribution < 1.29 is 13.0 Å². The van der Waals surface area contributed by atoms with Gasteiger partial charge in [-0.15, -0.1) is 11.3 Å². The normalized spacial score (nSPS) is 17.0. The zero-order chi connectivity index (χ0) is 22.7. The van der Waals surface area contributed by atoms with E-state index >= 15 is 0 Å². The molecule has 0 aliphatic heterocycles. The van der Waals surface area contributed by atoms with Gasteiger partial charge < -0.3 is 4.90 Å².